The van der Waals surface area contributed by atoms with Crippen LogP contribution < -0.4 is 0 Å². The predicted octanol–water partition coefficient (Wildman–Crippen LogP) is 5.52. The van der Waals surface area contributed by atoms with Gasteiger partial charge in [-0.1, -0.05) is 20.8 Å². The summed E-state index contributed by atoms with van der Waals surface area (Å²) in [5.41, 5.74) is -0.800. The Balaban J connectivity index is 1.56. The first-order chi connectivity index (χ1) is 21.8. The van der Waals surface area contributed by atoms with Crippen molar-refractivity contribution in [3.8, 4) is 0 Å². The largest absolute Gasteiger partial charge is 0.465 e. The number of esters is 1. The zero-order chi connectivity index (χ0) is 35.2. The van der Waals surface area contributed by atoms with Crippen molar-refractivity contribution in [2.24, 2.45) is 52.3 Å². The zero-order valence-electron chi connectivity index (χ0n) is 26.5. The SMILES string of the molecule is C[C@@H](CCC(=O)OC(C(F)(F)F)C(F)(F)S(=O)(=O)O)C1CC[C@H]2[C@@H]3[C@H](CC=O)C[C@@H]4C[C@H](OC=O)CC[C@]4(C)[C@H]3C[C@H](OC=O)[C@]12C. The van der Waals surface area contributed by atoms with Crippen LogP contribution in [0.3, 0.4) is 0 Å². The van der Waals surface area contributed by atoms with Gasteiger partial charge in [-0.2, -0.15) is 30.4 Å². The Bertz CT molecular complexity index is 1290. The number of alkyl halides is 5. The van der Waals surface area contributed by atoms with Crippen molar-refractivity contribution in [3.63, 3.8) is 0 Å². The fourth-order valence-electron chi connectivity index (χ4n) is 10.3. The van der Waals surface area contributed by atoms with E-state index in [1.54, 1.807) is 6.92 Å². The van der Waals surface area contributed by atoms with Crippen molar-refractivity contribution in [1.82, 2.24) is 0 Å². The summed E-state index contributed by atoms with van der Waals surface area (Å²) in [4.78, 5) is 47.2. The Morgan fingerprint density at radius 2 is 1.64 bits per heavy atom. The molecule has 16 heteroatoms. The van der Waals surface area contributed by atoms with E-state index < -0.39 is 51.6 Å². The molecule has 0 aromatic carbocycles. The summed E-state index contributed by atoms with van der Waals surface area (Å²) in [6.07, 6.45) is -5.95. The molecular formula is C31H43F5O10S. The summed E-state index contributed by atoms with van der Waals surface area (Å²) in [5, 5.41) is -5.81. The van der Waals surface area contributed by atoms with Gasteiger partial charge in [0.2, 0.25) is 0 Å². The third-order valence-corrected chi connectivity index (χ3v) is 13.4. The van der Waals surface area contributed by atoms with E-state index in [4.69, 9.17) is 14.0 Å². The molecule has 0 bridgehead atoms. The molecule has 0 spiro atoms. The summed E-state index contributed by atoms with van der Waals surface area (Å²) in [6.45, 7) is 6.86. The number of carbonyl (C=O) groups is 4. The molecule has 0 saturated heterocycles. The second-order valence-corrected chi connectivity index (χ2v) is 16.0. The molecule has 0 amide bonds. The Hall–Kier alpha value is -2.36. The number of rotatable bonds is 13. The van der Waals surface area contributed by atoms with Crippen molar-refractivity contribution in [2.75, 3.05) is 0 Å². The molecular weight excluding hydrogens is 659 g/mol. The van der Waals surface area contributed by atoms with E-state index in [2.05, 4.69) is 11.7 Å². The number of ether oxygens (including phenoxy) is 3. The van der Waals surface area contributed by atoms with E-state index in [0.29, 0.717) is 51.5 Å². The van der Waals surface area contributed by atoms with Gasteiger partial charge < -0.3 is 19.0 Å². The molecule has 2 unspecified atom stereocenters. The number of hydrogen-bond donors (Lipinski definition) is 1. The molecule has 268 valence electrons. The van der Waals surface area contributed by atoms with Crippen molar-refractivity contribution < 1.29 is 68.3 Å². The Morgan fingerprint density at radius 3 is 2.21 bits per heavy atom. The molecule has 4 fully saturated rings. The summed E-state index contributed by atoms with van der Waals surface area (Å²) >= 11 is 0. The zero-order valence-corrected chi connectivity index (χ0v) is 27.3. The van der Waals surface area contributed by atoms with Crippen molar-refractivity contribution in [2.45, 2.75) is 115 Å². The molecule has 4 aliphatic rings. The molecule has 0 aliphatic heterocycles. The molecule has 0 radical (unpaired) electrons. The van der Waals surface area contributed by atoms with Crippen LogP contribution in [0, 0.1) is 52.3 Å². The maximum Gasteiger partial charge on any atom is 0.432 e. The van der Waals surface area contributed by atoms with Gasteiger partial charge in [0.25, 0.3) is 19.0 Å². The minimum absolute atomic E-state index is 0.000313. The van der Waals surface area contributed by atoms with Gasteiger partial charge in [0.1, 0.15) is 18.5 Å². The molecule has 12 atom stereocenters. The average Bonchev–Trinajstić information content (AvgIpc) is 3.33. The number of carbonyl (C=O) groups excluding carboxylic acids is 4. The first kappa shape index (κ1) is 37.5. The third-order valence-electron chi connectivity index (χ3n) is 12.5. The molecule has 0 aromatic rings. The second kappa shape index (κ2) is 13.5. The number of halogens is 5. The van der Waals surface area contributed by atoms with E-state index >= 15 is 0 Å². The average molecular weight is 703 g/mol. The monoisotopic (exact) mass is 702 g/mol. The van der Waals surface area contributed by atoms with Gasteiger partial charge in [-0.25, -0.2) is 0 Å². The molecule has 10 nitrogen and oxygen atoms in total. The Kier molecular flexibility index (Phi) is 10.8. The van der Waals surface area contributed by atoms with E-state index in [1.807, 2.05) is 6.92 Å². The van der Waals surface area contributed by atoms with Crippen LogP contribution in [-0.4, -0.2) is 67.9 Å². The van der Waals surface area contributed by atoms with Gasteiger partial charge in [-0.15, -0.1) is 0 Å². The van der Waals surface area contributed by atoms with Crippen molar-refractivity contribution in [3.05, 3.63) is 0 Å². The third kappa shape index (κ3) is 6.78. The summed E-state index contributed by atoms with van der Waals surface area (Å²) < 4.78 is 113. The quantitative estimate of drug-likeness (QED) is 0.0854. The molecule has 0 heterocycles. The summed E-state index contributed by atoms with van der Waals surface area (Å²) in [6, 6.07) is 0. The highest BCUT2D eigenvalue weighted by atomic mass is 32.2. The standard InChI is InChI=1S/C31H43F5O10S/c1-17(4-7-25(40)46-27(30(32,33)34)31(35,36)47(41,42)43)21-5-6-22-26-18(9-11-37)12-19-13-20(44-15-38)8-10-28(19,2)23(26)14-24(45-16-39)29(21,22)3/h11,15-24,26-27H,4-10,12-14H2,1-3H3,(H,41,42,43)/t17-,18+,19+,20+,21?,22-,23-,24-,26-,27?,28-,29+/m0/s1. The summed E-state index contributed by atoms with van der Waals surface area (Å²) in [5.74, 6) is -1.89. The number of fused-ring (bicyclic) bond motifs is 5. The van der Waals surface area contributed by atoms with Gasteiger partial charge in [0.05, 0.1) is 0 Å². The fraction of sp³-hybridized carbons (Fsp3) is 0.871. The highest BCUT2D eigenvalue weighted by Gasteiger charge is 2.68. The molecule has 4 saturated carbocycles. The van der Waals surface area contributed by atoms with Crippen LogP contribution in [0.15, 0.2) is 0 Å². The Morgan fingerprint density at radius 1 is 0.979 bits per heavy atom. The van der Waals surface area contributed by atoms with Gasteiger partial charge in [-0.05, 0) is 98.2 Å². The van der Waals surface area contributed by atoms with Crippen LogP contribution in [0.4, 0.5) is 22.0 Å². The topological polar surface area (TPSA) is 150 Å². The number of aldehydes is 1. The molecule has 4 rings (SSSR count). The van der Waals surface area contributed by atoms with E-state index in [9.17, 15) is 49.5 Å². The van der Waals surface area contributed by atoms with Crippen molar-refractivity contribution >= 4 is 35.3 Å². The lowest BCUT2D eigenvalue weighted by atomic mass is 9.41. The van der Waals surface area contributed by atoms with Gasteiger partial charge in [0.15, 0.2) is 0 Å². The highest BCUT2D eigenvalue weighted by molar-refractivity contribution is 7.86. The van der Waals surface area contributed by atoms with Crippen LogP contribution in [0.5, 0.6) is 0 Å². The highest BCUT2D eigenvalue weighted by Crippen LogP contribution is 2.70. The lowest BCUT2D eigenvalue weighted by Crippen LogP contribution is -2.61. The van der Waals surface area contributed by atoms with E-state index in [1.165, 1.54) is 0 Å². The van der Waals surface area contributed by atoms with Crippen LogP contribution >= 0.6 is 0 Å². The summed E-state index contributed by atoms with van der Waals surface area (Å²) in [7, 11) is -6.56. The van der Waals surface area contributed by atoms with Gasteiger partial charge in [0, 0.05) is 18.3 Å². The maximum atomic E-state index is 13.9. The first-order valence-corrected chi connectivity index (χ1v) is 17.4. The molecule has 4 aliphatic carbocycles. The van der Waals surface area contributed by atoms with Gasteiger partial charge in [-0.3, -0.25) is 18.9 Å². The first-order valence-electron chi connectivity index (χ1n) is 16.0. The van der Waals surface area contributed by atoms with Crippen LogP contribution in [0.2, 0.25) is 0 Å². The predicted molar refractivity (Wildman–Crippen MR) is 153 cm³/mol. The van der Waals surface area contributed by atoms with Crippen LogP contribution in [-0.2, 0) is 43.5 Å². The molecule has 1 N–H and O–H groups in total. The molecule has 47 heavy (non-hydrogen) atoms. The second-order valence-electron chi connectivity index (χ2n) is 14.5. The maximum absolute atomic E-state index is 13.9. The van der Waals surface area contributed by atoms with E-state index in [-0.39, 0.29) is 59.4 Å². The smallest absolute Gasteiger partial charge is 0.432 e. The van der Waals surface area contributed by atoms with Crippen LogP contribution in [0.25, 0.3) is 0 Å². The lowest BCUT2D eigenvalue weighted by molar-refractivity contribution is -0.259. The lowest BCUT2D eigenvalue weighted by Gasteiger charge is -2.64. The minimum Gasteiger partial charge on any atom is -0.465 e. The fourth-order valence-corrected chi connectivity index (χ4v) is 10.8. The number of hydrogen-bond acceptors (Lipinski definition) is 9. The Labute approximate surface area is 270 Å². The molecule has 0 aromatic heterocycles. The van der Waals surface area contributed by atoms with Gasteiger partial charge >= 0.3 is 27.5 Å². The van der Waals surface area contributed by atoms with Crippen LogP contribution in [0.1, 0.15) is 85.0 Å². The van der Waals surface area contributed by atoms with Crippen molar-refractivity contribution in [1.29, 1.82) is 0 Å². The normalized spacial score (nSPS) is 38.5. The minimum atomic E-state index is -6.56. The van der Waals surface area contributed by atoms with E-state index in [0.717, 1.165) is 19.1 Å².